The second-order valence-electron chi connectivity index (χ2n) is 14.6. The van der Waals surface area contributed by atoms with Crippen LogP contribution in [0.15, 0.2) is 71.5 Å². The predicted octanol–water partition coefficient (Wildman–Crippen LogP) is 4.18. The zero-order valence-electron chi connectivity index (χ0n) is 31.7. The van der Waals surface area contributed by atoms with Crippen molar-refractivity contribution < 1.29 is 94.9 Å². The molecule has 4 atom stereocenters. The highest BCUT2D eigenvalue weighted by Gasteiger charge is 2.41. The van der Waals surface area contributed by atoms with Crippen LogP contribution in [-0.4, -0.2) is 90.5 Å². The molecule has 20 heteroatoms. The van der Waals surface area contributed by atoms with Gasteiger partial charge in [-0.05, 0) is 47.9 Å². The average Bonchev–Trinajstić information content (AvgIpc) is 3.35. The van der Waals surface area contributed by atoms with Gasteiger partial charge in [0.15, 0.2) is 64.0 Å². The quantitative estimate of drug-likeness (QED) is 0.0824. The van der Waals surface area contributed by atoms with Gasteiger partial charge in [-0.3, -0.25) is 4.79 Å². The maximum absolute atomic E-state index is 14.0. The fourth-order valence-electron chi connectivity index (χ4n) is 7.54. The molecule has 0 bridgehead atoms. The highest BCUT2D eigenvalue weighted by atomic mass is 16.6. The van der Waals surface area contributed by atoms with Crippen molar-refractivity contribution in [1.82, 2.24) is 0 Å². The maximum atomic E-state index is 14.0. The van der Waals surface area contributed by atoms with Crippen molar-refractivity contribution in [3.05, 3.63) is 110 Å². The Kier molecular flexibility index (Phi) is 9.77. The molecule has 0 aromatic heterocycles. The summed E-state index contributed by atoms with van der Waals surface area (Å²) in [5.41, 5.74) is -2.71. The second-order valence-corrected chi connectivity index (χ2v) is 14.6. The standard InChI is InChI=1S/C43H32O20/c44-17-7-23(46)21-12-33(62-42(58)15-3-25(48)36(54)26(49)4-15)40(60-31(21)9-17)14-1-19-20(11-30(53)39(57)35(19)38(56)29(52)2-14)41-34(13-22-24(47)8-18(45)10-32(22)61-41)63-43(59)16-5-27(50)37(55)28(51)6-16/h1-11,33-34,40-41,44-51,53-55,57H,12-13H2,(H,52,56)/t33-,34-,40-,41-/m0/s1. The Bertz CT molecular complexity index is 2950. The molecule has 0 amide bonds. The minimum atomic E-state index is -1.65. The van der Waals surface area contributed by atoms with Crippen LogP contribution in [-0.2, 0) is 22.3 Å². The van der Waals surface area contributed by atoms with Crippen LogP contribution >= 0.6 is 0 Å². The van der Waals surface area contributed by atoms with Gasteiger partial charge in [0, 0.05) is 59.4 Å². The lowest BCUT2D eigenvalue weighted by molar-refractivity contribution is -0.0194. The Labute approximate surface area is 351 Å². The molecule has 6 aromatic rings. The van der Waals surface area contributed by atoms with E-state index in [1.807, 2.05) is 0 Å². The molecule has 0 saturated carbocycles. The molecule has 0 unspecified atom stereocenters. The number of ether oxygens (including phenoxy) is 4. The van der Waals surface area contributed by atoms with E-state index in [1.165, 1.54) is 0 Å². The summed E-state index contributed by atoms with van der Waals surface area (Å²) < 4.78 is 23.9. The second kappa shape index (κ2) is 15.0. The zero-order valence-corrected chi connectivity index (χ0v) is 31.7. The normalized spacial score (nSPS) is 17.7. The topological polar surface area (TPSA) is 351 Å². The molecule has 0 aliphatic carbocycles. The van der Waals surface area contributed by atoms with Gasteiger partial charge in [-0.2, -0.15) is 0 Å². The summed E-state index contributed by atoms with van der Waals surface area (Å²) in [7, 11) is 0. The molecule has 0 saturated heterocycles. The molecule has 2 heterocycles. The number of rotatable bonds is 6. The van der Waals surface area contributed by atoms with Crippen LogP contribution in [0, 0.1) is 0 Å². The number of carbonyl (C=O) groups is 2. The third-order valence-corrected chi connectivity index (χ3v) is 10.5. The molecule has 2 aliphatic heterocycles. The van der Waals surface area contributed by atoms with Crippen LogP contribution in [0.4, 0.5) is 0 Å². The van der Waals surface area contributed by atoms with Crippen molar-refractivity contribution in [2.24, 2.45) is 0 Å². The number of hydrogen-bond acceptors (Lipinski definition) is 20. The Morgan fingerprint density at radius 1 is 0.476 bits per heavy atom. The van der Waals surface area contributed by atoms with Crippen molar-refractivity contribution in [2.75, 3.05) is 0 Å². The smallest absolute Gasteiger partial charge is 0.338 e. The van der Waals surface area contributed by atoms with E-state index < -0.39 is 139 Å². The van der Waals surface area contributed by atoms with Crippen molar-refractivity contribution in [1.29, 1.82) is 0 Å². The van der Waals surface area contributed by atoms with Gasteiger partial charge in [0.05, 0.1) is 16.5 Å². The Morgan fingerprint density at radius 3 is 1.38 bits per heavy atom. The van der Waals surface area contributed by atoms with E-state index in [2.05, 4.69) is 0 Å². The SMILES string of the molecule is O=C(O[C@H]1Cc2c(O)cc(O)cc2O[C@H]1c1cc(O)c(=O)c2c(O)c(O)cc([C@@H]3Oc4cc(O)cc(O)c4C[C@@H]3OC(=O)c3cc(O)c(O)c(O)c3)c2c1)c1cc(O)c(O)c(O)c1. The summed E-state index contributed by atoms with van der Waals surface area (Å²) >= 11 is 0. The highest BCUT2D eigenvalue weighted by molar-refractivity contribution is 5.95. The number of carbonyl (C=O) groups excluding carboxylic acids is 2. The lowest BCUT2D eigenvalue weighted by Crippen LogP contribution is -2.35. The van der Waals surface area contributed by atoms with E-state index in [0.717, 1.165) is 66.7 Å². The lowest BCUT2D eigenvalue weighted by Gasteiger charge is -2.35. The van der Waals surface area contributed by atoms with Gasteiger partial charge >= 0.3 is 11.9 Å². The van der Waals surface area contributed by atoms with Gasteiger partial charge < -0.3 is 85.3 Å². The largest absolute Gasteiger partial charge is 0.508 e. The van der Waals surface area contributed by atoms with Gasteiger partial charge in [-0.1, -0.05) is 0 Å². The van der Waals surface area contributed by atoms with Gasteiger partial charge in [-0.25, -0.2) is 9.59 Å². The fourth-order valence-corrected chi connectivity index (χ4v) is 7.54. The van der Waals surface area contributed by atoms with Gasteiger partial charge in [-0.15, -0.1) is 0 Å². The molecule has 0 fully saturated rings. The van der Waals surface area contributed by atoms with Crippen LogP contribution in [0.5, 0.6) is 86.2 Å². The predicted molar refractivity (Wildman–Crippen MR) is 210 cm³/mol. The summed E-state index contributed by atoms with van der Waals surface area (Å²) in [4.78, 5) is 41.1. The minimum Gasteiger partial charge on any atom is -0.508 e. The summed E-state index contributed by atoms with van der Waals surface area (Å²) in [5.74, 6) is -13.2. The molecule has 324 valence electrons. The van der Waals surface area contributed by atoms with Crippen molar-refractivity contribution in [2.45, 2.75) is 37.3 Å². The van der Waals surface area contributed by atoms with Crippen LogP contribution in [0.3, 0.4) is 0 Å². The first-order valence-electron chi connectivity index (χ1n) is 18.4. The van der Waals surface area contributed by atoms with E-state index in [0.29, 0.717) is 0 Å². The molecule has 0 spiro atoms. The summed E-state index contributed by atoms with van der Waals surface area (Å²) in [6, 6.07) is 10.2. The average molecular weight is 869 g/mol. The lowest BCUT2D eigenvalue weighted by atomic mass is 9.89. The van der Waals surface area contributed by atoms with Gasteiger partial charge in [0.1, 0.15) is 46.7 Å². The first-order valence-corrected chi connectivity index (χ1v) is 18.4. The van der Waals surface area contributed by atoms with Gasteiger partial charge in [0.25, 0.3) is 0 Å². The minimum absolute atomic E-state index is 0.000315. The summed E-state index contributed by atoms with van der Waals surface area (Å²) in [6.07, 6.45) is -7.15. The van der Waals surface area contributed by atoms with Crippen molar-refractivity contribution in [3.63, 3.8) is 0 Å². The van der Waals surface area contributed by atoms with E-state index in [1.54, 1.807) is 0 Å². The summed E-state index contributed by atoms with van der Waals surface area (Å²) in [5, 5.41) is 135. The van der Waals surface area contributed by atoms with Crippen LogP contribution in [0.2, 0.25) is 0 Å². The van der Waals surface area contributed by atoms with E-state index >= 15 is 0 Å². The molecule has 63 heavy (non-hydrogen) atoms. The fraction of sp³-hybridized carbons (Fsp3) is 0.140. The van der Waals surface area contributed by atoms with Crippen molar-refractivity contribution >= 4 is 22.7 Å². The maximum Gasteiger partial charge on any atom is 0.338 e. The number of esters is 2. The Hall–Kier alpha value is -8.81. The number of fused-ring (bicyclic) bond motifs is 3. The third-order valence-electron chi connectivity index (χ3n) is 10.5. The van der Waals surface area contributed by atoms with E-state index in [9.17, 15) is 80.8 Å². The zero-order chi connectivity index (χ0) is 45.3. The number of phenolic OH excluding ortho intramolecular Hbond substituents is 12. The van der Waals surface area contributed by atoms with Crippen LogP contribution in [0.1, 0.15) is 55.2 Å². The van der Waals surface area contributed by atoms with Crippen molar-refractivity contribution in [3.8, 4) is 86.2 Å². The number of phenols is 12. The Balaban J connectivity index is 1.31. The molecule has 2 aliphatic rings. The first kappa shape index (κ1) is 40.9. The Morgan fingerprint density at radius 2 is 0.905 bits per heavy atom. The highest BCUT2D eigenvalue weighted by Crippen LogP contribution is 2.49. The monoisotopic (exact) mass is 868 g/mol. The number of aromatic hydroxyl groups is 13. The van der Waals surface area contributed by atoms with E-state index in [4.69, 9.17) is 18.9 Å². The number of hydrogen-bond donors (Lipinski definition) is 13. The summed E-state index contributed by atoms with van der Waals surface area (Å²) in [6.45, 7) is 0. The molecular weight excluding hydrogens is 836 g/mol. The van der Waals surface area contributed by atoms with Crippen LogP contribution < -0.4 is 14.9 Å². The molecule has 8 rings (SSSR count). The van der Waals surface area contributed by atoms with Crippen LogP contribution in [0.25, 0.3) is 10.8 Å². The number of benzene rings is 5. The third kappa shape index (κ3) is 7.19. The first-order chi connectivity index (χ1) is 29.8. The molecule has 13 N–H and O–H groups in total. The molecular formula is C43H32O20. The van der Waals surface area contributed by atoms with Gasteiger partial charge in [0.2, 0.25) is 5.43 Å². The molecule has 20 nitrogen and oxygen atoms in total. The molecule has 0 radical (unpaired) electrons. The van der Waals surface area contributed by atoms with E-state index in [-0.39, 0.29) is 45.6 Å². The molecule has 6 aromatic carbocycles.